The monoisotopic (exact) mass is 269 g/mol. The highest BCUT2D eigenvalue weighted by Gasteiger charge is 2.16. The molecule has 1 rings (SSSR count). The Labute approximate surface area is 118 Å². The molecule has 0 amide bonds. The van der Waals surface area contributed by atoms with E-state index in [9.17, 15) is 9.90 Å². The number of hydrogen-bond acceptors (Lipinski definition) is 2. The van der Waals surface area contributed by atoms with Crippen LogP contribution in [0.25, 0.3) is 0 Å². The van der Waals surface area contributed by atoms with Gasteiger partial charge in [0.1, 0.15) is 0 Å². The average Bonchev–Trinajstić information content (AvgIpc) is 2.38. The molecular weight excluding hydrogens is 238 g/mol. The van der Waals surface area contributed by atoms with Crippen LogP contribution >= 0.6 is 0 Å². The van der Waals surface area contributed by atoms with Crippen molar-refractivity contribution in [2.75, 3.05) is 13.1 Å². The van der Waals surface area contributed by atoms with Crippen LogP contribution in [-0.4, -0.2) is 24.2 Å². The van der Waals surface area contributed by atoms with Crippen LogP contribution < -0.4 is 5.32 Å². The van der Waals surface area contributed by atoms with Gasteiger partial charge in [-0.25, -0.2) is 0 Å². The number of carboxylic acid groups (broad SMARTS) is 1. The molecule has 1 atom stereocenters. The fourth-order valence-electron chi connectivity index (χ4n) is 2.86. The standard InChI is InChI=1S/C16H31NO2/c18-16(19)15-11-7-5-3-1-2-4-6-9-13-17-14-10-8-12-15/h15,17H,1-14H2,(H,18,19). The molecule has 0 aromatic rings. The summed E-state index contributed by atoms with van der Waals surface area (Å²) >= 11 is 0. The molecule has 0 aromatic carbocycles. The van der Waals surface area contributed by atoms with Gasteiger partial charge in [-0.1, -0.05) is 51.4 Å². The van der Waals surface area contributed by atoms with Gasteiger partial charge in [-0.15, -0.1) is 0 Å². The Morgan fingerprint density at radius 2 is 1.16 bits per heavy atom. The lowest BCUT2D eigenvalue weighted by molar-refractivity contribution is -0.142. The Hall–Kier alpha value is -0.570. The van der Waals surface area contributed by atoms with E-state index in [1.165, 1.54) is 44.9 Å². The first-order valence-corrected chi connectivity index (χ1v) is 8.24. The summed E-state index contributed by atoms with van der Waals surface area (Å²) in [5.74, 6) is -0.693. The molecule has 1 heterocycles. The third-order valence-electron chi connectivity index (χ3n) is 4.16. The SMILES string of the molecule is O=C(O)C1CCCCCCCCCCNCCCC1. The lowest BCUT2D eigenvalue weighted by atomic mass is 9.95. The summed E-state index contributed by atoms with van der Waals surface area (Å²) < 4.78 is 0. The number of aliphatic carboxylic acids is 1. The Bertz CT molecular complexity index is 215. The molecule has 1 saturated heterocycles. The van der Waals surface area contributed by atoms with Gasteiger partial charge in [-0.3, -0.25) is 4.79 Å². The summed E-state index contributed by atoms with van der Waals surface area (Å²) in [6.07, 6.45) is 14.2. The Morgan fingerprint density at radius 1 is 0.737 bits per heavy atom. The molecule has 19 heavy (non-hydrogen) atoms. The molecule has 0 spiro atoms. The zero-order valence-corrected chi connectivity index (χ0v) is 12.3. The maximum absolute atomic E-state index is 11.2. The van der Waals surface area contributed by atoms with Crippen molar-refractivity contribution < 1.29 is 9.90 Å². The first kappa shape index (κ1) is 16.5. The number of nitrogens with one attached hydrogen (secondary N) is 1. The van der Waals surface area contributed by atoms with Crippen molar-refractivity contribution in [2.45, 2.75) is 77.0 Å². The topological polar surface area (TPSA) is 49.3 Å². The summed E-state index contributed by atoms with van der Waals surface area (Å²) in [5, 5.41) is 12.7. The molecule has 1 aliphatic heterocycles. The van der Waals surface area contributed by atoms with Crippen molar-refractivity contribution in [3.05, 3.63) is 0 Å². The molecule has 0 bridgehead atoms. The lowest BCUT2D eigenvalue weighted by Crippen LogP contribution is -2.18. The number of rotatable bonds is 1. The molecule has 0 radical (unpaired) electrons. The van der Waals surface area contributed by atoms with E-state index in [0.29, 0.717) is 0 Å². The van der Waals surface area contributed by atoms with E-state index in [4.69, 9.17) is 0 Å². The minimum absolute atomic E-state index is 0.104. The number of hydrogen-bond donors (Lipinski definition) is 2. The second-order valence-electron chi connectivity index (χ2n) is 5.90. The second kappa shape index (κ2) is 11.3. The van der Waals surface area contributed by atoms with Crippen molar-refractivity contribution in [2.24, 2.45) is 5.92 Å². The van der Waals surface area contributed by atoms with Gasteiger partial charge in [-0.2, -0.15) is 0 Å². The fourth-order valence-corrected chi connectivity index (χ4v) is 2.86. The normalized spacial score (nSPS) is 25.8. The van der Waals surface area contributed by atoms with Crippen LogP contribution in [0.3, 0.4) is 0 Å². The van der Waals surface area contributed by atoms with Crippen LogP contribution in [0.1, 0.15) is 77.0 Å². The zero-order valence-electron chi connectivity index (χ0n) is 12.3. The molecule has 1 aliphatic rings. The van der Waals surface area contributed by atoms with Gasteiger partial charge in [0.15, 0.2) is 0 Å². The molecule has 0 aromatic heterocycles. The number of carbonyl (C=O) groups is 1. The van der Waals surface area contributed by atoms with Gasteiger partial charge in [-0.05, 0) is 38.8 Å². The van der Waals surface area contributed by atoms with E-state index in [0.717, 1.165) is 45.2 Å². The first-order chi connectivity index (χ1) is 9.30. The van der Waals surface area contributed by atoms with E-state index in [1.807, 2.05) is 0 Å². The third kappa shape index (κ3) is 9.04. The molecule has 0 saturated carbocycles. The van der Waals surface area contributed by atoms with Crippen molar-refractivity contribution in [3.63, 3.8) is 0 Å². The molecule has 1 fully saturated rings. The van der Waals surface area contributed by atoms with Crippen LogP contribution in [0.4, 0.5) is 0 Å². The van der Waals surface area contributed by atoms with E-state index >= 15 is 0 Å². The molecule has 2 N–H and O–H groups in total. The average molecular weight is 269 g/mol. The molecular formula is C16H31NO2. The predicted octanol–water partition coefficient (Wildman–Crippen LogP) is 3.97. The summed E-state index contributed by atoms with van der Waals surface area (Å²) in [6.45, 7) is 2.18. The van der Waals surface area contributed by atoms with Crippen LogP contribution in [0.5, 0.6) is 0 Å². The van der Waals surface area contributed by atoms with Gasteiger partial charge in [0, 0.05) is 0 Å². The molecule has 3 heteroatoms. The van der Waals surface area contributed by atoms with Crippen LogP contribution in [0.15, 0.2) is 0 Å². The van der Waals surface area contributed by atoms with Crippen molar-refractivity contribution in [1.29, 1.82) is 0 Å². The number of carboxylic acids is 1. The van der Waals surface area contributed by atoms with Crippen LogP contribution in [-0.2, 0) is 4.79 Å². The highest BCUT2D eigenvalue weighted by molar-refractivity contribution is 5.69. The van der Waals surface area contributed by atoms with Gasteiger partial charge < -0.3 is 10.4 Å². The van der Waals surface area contributed by atoms with Crippen molar-refractivity contribution >= 4 is 5.97 Å². The largest absolute Gasteiger partial charge is 0.481 e. The van der Waals surface area contributed by atoms with Gasteiger partial charge in [0.05, 0.1) is 5.92 Å². The third-order valence-corrected chi connectivity index (χ3v) is 4.16. The summed E-state index contributed by atoms with van der Waals surface area (Å²) in [4.78, 5) is 11.2. The first-order valence-electron chi connectivity index (χ1n) is 8.24. The summed E-state index contributed by atoms with van der Waals surface area (Å²) in [7, 11) is 0. The lowest BCUT2D eigenvalue weighted by Gasteiger charge is -2.13. The fraction of sp³-hybridized carbons (Fsp3) is 0.938. The predicted molar refractivity (Wildman–Crippen MR) is 79.4 cm³/mol. The second-order valence-corrected chi connectivity index (χ2v) is 5.90. The maximum atomic E-state index is 11.2. The maximum Gasteiger partial charge on any atom is 0.306 e. The quantitative estimate of drug-likeness (QED) is 0.757. The molecule has 112 valence electrons. The Morgan fingerprint density at radius 3 is 1.74 bits per heavy atom. The van der Waals surface area contributed by atoms with Crippen molar-refractivity contribution in [3.8, 4) is 0 Å². The van der Waals surface area contributed by atoms with Crippen molar-refractivity contribution in [1.82, 2.24) is 5.32 Å². The van der Waals surface area contributed by atoms with Gasteiger partial charge in [0.25, 0.3) is 0 Å². The van der Waals surface area contributed by atoms with Crippen LogP contribution in [0, 0.1) is 5.92 Å². The highest BCUT2D eigenvalue weighted by atomic mass is 16.4. The Balaban J connectivity index is 2.25. The van der Waals surface area contributed by atoms with Gasteiger partial charge in [0.2, 0.25) is 0 Å². The summed E-state index contributed by atoms with van der Waals surface area (Å²) in [6, 6.07) is 0. The zero-order chi connectivity index (χ0) is 13.8. The summed E-state index contributed by atoms with van der Waals surface area (Å²) in [5.41, 5.74) is 0. The molecule has 1 unspecified atom stereocenters. The minimum Gasteiger partial charge on any atom is -0.481 e. The van der Waals surface area contributed by atoms with E-state index in [2.05, 4.69) is 5.32 Å². The molecule has 3 nitrogen and oxygen atoms in total. The Kier molecular flexibility index (Phi) is 9.78. The minimum atomic E-state index is -0.589. The molecule has 0 aliphatic carbocycles. The highest BCUT2D eigenvalue weighted by Crippen LogP contribution is 2.18. The van der Waals surface area contributed by atoms with E-state index in [-0.39, 0.29) is 5.92 Å². The van der Waals surface area contributed by atoms with Gasteiger partial charge >= 0.3 is 5.97 Å². The van der Waals surface area contributed by atoms with E-state index in [1.54, 1.807) is 0 Å². The van der Waals surface area contributed by atoms with Crippen LogP contribution in [0.2, 0.25) is 0 Å². The van der Waals surface area contributed by atoms with E-state index < -0.39 is 5.97 Å². The smallest absolute Gasteiger partial charge is 0.306 e.